The van der Waals surface area contributed by atoms with Crippen molar-refractivity contribution in [2.24, 2.45) is 0 Å². The van der Waals surface area contributed by atoms with E-state index in [0.29, 0.717) is 19.8 Å². The number of thiazole rings is 1. The first-order valence-electron chi connectivity index (χ1n) is 6.68. The summed E-state index contributed by atoms with van der Waals surface area (Å²) in [5, 5.41) is 3.99. The van der Waals surface area contributed by atoms with Gasteiger partial charge in [0.15, 0.2) is 0 Å². The lowest BCUT2D eigenvalue weighted by Crippen LogP contribution is -2.41. The fourth-order valence-electron chi connectivity index (χ4n) is 2.28. The van der Waals surface area contributed by atoms with Gasteiger partial charge in [0.05, 0.1) is 35.0 Å². The first-order chi connectivity index (χ1) is 9.70. The summed E-state index contributed by atoms with van der Waals surface area (Å²) < 4.78 is 6.37. The smallest absolute Gasteiger partial charge is 0.238 e. The Labute approximate surface area is 121 Å². The van der Waals surface area contributed by atoms with E-state index in [0.717, 1.165) is 34.0 Å². The molecule has 1 fully saturated rings. The SMILES string of the molecule is Cc1nc2ccc(NC(=O)CN3CCOCC3)cc2s1. The Bertz CT molecular complexity index is 620. The van der Waals surface area contributed by atoms with Crippen molar-refractivity contribution < 1.29 is 9.53 Å². The number of morpholine rings is 1. The molecule has 1 saturated heterocycles. The number of aryl methyl sites for hydroxylation is 1. The van der Waals surface area contributed by atoms with Gasteiger partial charge in [0.2, 0.25) is 5.91 Å². The Hall–Kier alpha value is -1.50. The fourth-order valence-corrected chi connectivity index (χ4v) is 3.15. The van der Waals surface area contributed by atoms with Crippen LogP contribution in [0.2, 0.25) is 0 Å². The maximum atomic E-state index is 12.0. The normalized spacial score (nSPS) is 16.4. The van der Waals surface area contributed by atoms with Crippen LogP contribution in [0.4, 0.5) is 5.69 Å². The van der Waals surface area contributed by atoms with Crippen molar-refractivity contribution in [2.75, 3.05) is 38.2 Å². The van der Waals surface area contributed by atoms with Gasteiger partial charge in [-0.15, -0.1) is 11.3 Å². The maximum absolute atomic E-state index is 12.0. The van der Waals surface area contributed by atoms with Gasteiger partial charge in [-0.25, -0.2) is 4.98 Å². The second-order valence-electron chi connectivity index (χ2n) is 4.85. The van der Waals surface area contributed by atoms with E-state index < -0.39 is 0 Å². The third kappa shape index (κ3) is 3.15. The van der Waals surface area contributed by atoms with Gasteiger partial charge in [-0.1, -0.05) is 0 Å². The van der Waals surface area contributed by atoms with E-state index in [1.807, 2.05) is 25.1 Å². The Morgan fingerprint density at radius 2 is 2.25 bits per heavy atom. The second kappa shape index (κ2) is 5.87. The zero-order valence-electron chi connectivity index (χ0n) is 11.4. The summed E-state index contributed by atoms with van der Waals surface area (Å²) in [6.07, 6.45) is 0. The summed E-state index contributed by atoms with van der Waals surface area (Å²) in [4.78, 5) is 18.5. The van der Waals surface area contributed by atoms with Crippen LogP contribution in [-0.4, -0.2) is 48.6 Å². The number of nitrogens with one attached hydrogen (secondary N) is 1. The number of fused-ring (bicyclic) bond motifs is 1. The first kappa shape index (κ1) is 13.5. The monoisotopic (exact) mass is 291 g/mol. The van der Waals surface area contributed by atoms with Gasteiger partial charge in [-0.2, -0.15) is 0 Å². The maximum Gasteiger partial charge on any atom is 0.238 e. The summed E-state index contributed by atoms with van der Waals surface area (Å²) in [5.41, 5.74) is 1.82. The number of amides is 1. The number of benzene rings is 1. The second-order valence-corrected chi connectivity index (χ2v) is 6.09. The number of aromatic nitrogens is 1. The molecule has 2 heterocycles. The van der Waals surface area contributed by atoms with Gasteiger partial charge in [0, 0.05) is 18.8 Å². The number of rotatable bonds is 3. The van der Waals surface area contributed by atoms with E-state index in [4.69, 9.17) is 4.74 Å². The summed E-state index contributed by atoms with van der Waals surface area (Å²) in [5.74, 6) is 0.0208. The zero-order chi connectivity index (χ0) is 13.9. The fraction of sp³-hybridized carbons (Fsp3) is 0.429. The molecule has 1 N–H and O–H groups in total. The molecule has 0 saturated carbocycles. The number of nitrogens with zero attached hydrogens (tertiary/aromatic N) is 2. The van der Waals surface area contributed by atoms with Crippen LogP contribution < -0.4 is 5.32 Å². The molecule has 0 unspecified atom stereocenters. The van der Waals surface area contributed by atoms with E-state index in [1.54, 1.807) is 11.3 Å². The lowest BCUT2D eigenvalue weighted by molar-refractivity contribution is -0.118. The lowest BCUT2D eigenvalue weighted by atomic mass is 10.3. The molecule has 1 amide bonds. The molecule has 106 valence electrons. The Kier molecular flexibility index (Phi) is 3.95. The van der Waals surface area contributed by atoms with Gasteiger partial charge < -0.3 is 10.1 Å². The molecule has 1 aliphatic rings. The number of hydrogen-bond acceptors (Lipinski definition) is 5. The van der Waals surface area contributed by atoms with E-state index in [1.165, 1.54) is 0 Å². The molecule has 0 aliphatic carbocycles. The Morgan fingerprint density at radius 1 is 1.45 bits per heavy atom. The van der Waals surface area contributed by atoms with Crippen LogP contribution in [-0.2, 0) is 9.53 Å². The van der Waals surface area contributed by atoms with Crippen molar-refractivity contribution in [1.82, 2.24) is 9.88 Å². The third-order valence-corrected chi connectivity index (χ3v) is 4.18. The van der Waals surface area contributed by atoms with Gasteiger partial charge in [0.25, 0.3) is 0 Å². The number of ether oxygens (including phenoxy) is 1. The number of anilines is 1. The number of carbonyl (C=O) groups excluding carboxylic acids is 1. The molecule has 1 aliphatic heterocycles. The van der Waals surface area contributed by atoms with Gasteiger partial charge in [-0.05, 0) is 25.1 Å². The highest BCUT2D eigenvalue weighted by Gasteiger charge is 2.14. The Balaban J connectivity index is 1.64. The molecule has 0 atom stereocenters. The molecular formula is C14H17N3O2S. The third-order valence-electron chi connectivity index (χ3n) is 3.25. The van der Waals surface area contributed by atoms with E-state index in [-0.39, 0.29) is 5.91 Å². The molecule has 2 aromatic rings. The topological polar surface area (TPSA) is 54.5 Å². The van der Waals surface area contributed by atoms with Crippen LogP contribution in [0.3, 0.4) is 0 Å². The van der Waals surface area contributed by atoms with Crippen LogP contribution in [0.15, 0.2) is 18.2 Å². The van der Waals surface area contributed by atoms with Crippen molar-refractivity contribution >= 4 is 33.1 Å². The van der Waals surface area contributed by atoms with Crippen molar-refractivity contribution in [3.8, 4) is 0 Å². The zero-order valence-corrected chi connectivity index (χ0v) is 12.2. The largest absolute Gasteiger partial charge is 0.379 e. The van der Waals surface area contributed by atoms with Crippen molar-refractivity contribution in [2.45, 2.75) is 6.92 Å². The standard InChI is InChI=1S/C14H17N3O2S/c1-10-15-12-3-2-11(8-13(12)20-10)16-14(18)9-17-4-6-19-7-5-17/h2-3,8H,4-7,9H2,1H3,(H,16,18). The quantitative estimate of drug-likeness (QED) is 0.938. The predicted molar refractivity (Wildman–Crippen MR) is 80.2 cm³/mol. The van der Waals surface area contributed by atoms with Crippen LogP contribution in [0.25, 0.3) is 10.2 Å². The van der Waals surface area contributed by atoms with Crippen molar-refractivity contribution in [3.05, 3.63) is 23.2 Å². The average molecular weight is 291 g/mol. The molecule has 5 nitrogen and oxygen atoms in total. The highest BCUT2D eigenvalue weighted by Crippen LogP contribution is 2.24. The van der Waals surface area contributed by atoms with Crippen molar-refractivity contribution in [1.29, 1.82) is 0 Å². The summed E-state index contributed by atoms with van der Waals surface area (Å²) in [7, 11) is 0. The Morgan fingerprint density at radius 3 is 3.05 bits per heavy atom. The lowest BCUT2D eigenvalue weighted by Gasteiger charge is -2.25. The molecule has 6 heteroatoms. The number of hydrogen-bond donors (Lipinski definition) is 1. The molecule has 0 bridgehead atoms. The molecule has 0 radical (unpaired) electrons. The minimum atomic E-state index is 0.0208. The van der Waals surface area contributed by atoms with Crippen LogP contribution in [0, 0.1) is 6.92 Å². The molecule has 20 heavy (non-hydrogen) atoms. The summed E-state index contributed by atoms with van der Waals surface area (Å²) in [6, 6.07) is 5.83. The molecular weight excluding hydrogens is 274 g/mol. The summed E-state index contributed by atoms with van der Waals surface area (Å²) in [6.45, 7) is 5.46. The minimum absolute atomic E-state index is 0.0208. The van der Waals surface area contributed by atoms with E-state index in [9.17, 15) is 4.79 Å². The van der Waals surface area contributed by atoms with Crippen LogP contribution in [0.1, 0.15) is 5.01 Å². The van der Waals surface area contributed by atoms with Crippen molar-refractivity contribution in [3.63, 3.8) is 0 Å². The highest BCUT2D eigenvalue weighted by molar-refractivity contribution is 7.18. The molecule has 3 rings (SSSR count). The van der Waals surface area contributed by atoms with Gasteiger partial charge in [-0.3, -0.25) is 9.69 Å². The minimum Gasteiger partial charge on any atom is -0.379 e. The number of carbonyl (C=O) groups is 1. The summed E-state index contributed by atoms with van der Waals surface area (Å²) >= 11 is 1.64. The predicted octanol–water partition coefficient (Wildman–Crippen LogP) is 1.88. The molecule has 1 aromatic heterocycles. The first-order valence-corrected chi connectivity index (χ1v) is 7.49. The van der Waals surface area contributed by atoms with Crippen LogP contribution >= 0.6 is 11.3 Å². The van der Waals surface area contributed by atoms with E-state index >= 15 is 0 Å². The van der Waals surface area contributed by atoms with Gasteiger partial charge >= 0.3 is 0 Å². The van der Waals surface area contributed by atoms with E-state index in [2.05, 4.69) is 15.2 Å². The van der Waals surface area contributed by atoms with Crippen LogP contribution in [0.5, 0.6) is 0 Å². The molecule has 0 spiro atoms. The molecule has 1 aromatic carbocycles. The average Bonchev–Trinajstić information content (AvgIpc) is 2.79. The highest BCUT2D eigenvalue weighted by atomic mass is 32.1. The van der Waals surface area contributed by atoms with Gasteiger partial charge in [0.1, 0.15) is 0 Å².